The molecular formula is C6H8F3N3O2. The maximum Gasteiger partial charge on any atom is 0.413 e. The van der Waals surface area contributed by atoms with Crippen molar-refractivity contribution in [1.82, 2.24) is 15.8 Å². The number of aromatic nitrogens is 2. The van der Waals surface area contributed by atoms with E-state index >= 15 is 0 Å². The second-order valence-electron chi connectivity index (χ2n) is 2.52. The standard InChI is InChI=1S/C6H8F3N3O2/c1-4-5(12-14-11-4)2-10-13-3-6(7,8)9/h10H,2-3H2,1H3. The molecule has 1 rings (SSSR count). The van der Waals surface area contributed by atoms with Gasteiger partial charge >= 0.3 is 6.18 Å². The van der Waals surface area contributed by atoms with Crippen molar-refractivity contribution in [3.8, 4) is 0 Å². The van der Waals surface area contributed by atoms with Crippen LogP contribution in [0.15, 0.2) is 4.63 Å². The third-order valence-corrected chi connectivity index (χ3v) is 1.32. The van der Waals surface area contributed by atoms with Gasteiger partial charge in [0.1, 0.15) is 11.4 Å². The van der Waals surface area contributed by atoms with E-state index in [1.54, 1.807) is 6.92 Å². The molecule has 0 spiro atoms. The van der Waals surface area contributed by atoms with Crippen LogP contribution in [-0.4, -0.2) is 23.1 Å². The lowest BCUT2D eigenvalue weighted by Crippen LogP contribution is -2.24. The molecule has 0 saturated carbocycles. The van der Waals surface area contributed by atoms with E-state index in [2.05, 4.69) is 25.3 Å². The normalized spacial score (nSPS) is 12.0. The highest BCUT2D eigenvalue weighted by Crippen LogP contribution is 2.13. The molecule has 1 aromatic rings. The summed E-state index contributed by atoms with van der Waals surface area (Å²) < 4.78 is 39.1. The van der Waals surface area contributed by atoms with Crippen LogP contribution in [0.4, 0.5) is 13.2 Å². The Morgan fingerprint density at radius 1 is 1.43 bits per heavy atom. The summed E-state index contributed by atoms with van der Waals surface area (Å²) in [6, 6.07) is 0. The molecule has 0 saturated heterocycles. The molecule has 0 amide bonds. The smallest absolute Gasteiger partial charge is 0.292 e. The Morgan fingerprint density at radius 3 is 2.64 bits per heavy atom. The van der Waals surface area contributed by atoms with Gasteiger partial charge < -0.3 is 0 Å². The van der Waals surface area contributed by atoms with Crippen molar-refractivity contribution >= 4 is 0 Å². The van der Waals surface area contributed by atoms with Crippen LogP contribution >= 0.6 is 0 Å². The van der Waals surface area contributed by atoms with Gasteiger partial charge in [0.15, 0.2) is 6.61 Å². The molecule has 0 unspecified atom stereocenters. The largest absolute Gasteiger partial charge is 0.413 e. The molecule has 5 nitrogen and oxygen atoms in total. The Bertz CT molecular complexity index is 286. The van der Waals surface area contributed by atoms with Gasteiger partial charge in [-0.25, -0.2) is 4.63 Å². The Morgan fingerprint density at radius 2 is 2.14 bits per heavy atom. The minimum absolute atomic E-state index is 0.0193. The van der Waals surface area contributed by atoms with Gasteiger partial charge in [0.25, 0.3) is 0 Å². The number of aryl methyl sites for hydroxylation is 1. The summed E-state index contributed by atoms with van der Waals surface area (Å²) in [5, 5.41) is 6.88. The molecular weight excluding hydrogens is 203 g/mol. The molecule has 0 aliphatic carbocycles. The Balaban J connectivity index is 2.20. The number of halogens is 3. The van der Waals surface area contributed by atoms with Crippen LogP contribution in [0.5, 0.6) is 0 Å². The lowest BCUT2D eigenvalue weighted by molar-refractivity contribution is -0.190. The predicted molar refractivity (Wildman–Crippen MR) is 37.9 cm³/mol. The highest BCUT2D eigenvalue weighted by atomic mass is 19.4. The zero-order chi connectivity index (χ0) is 10.6. The second-order valence-corrected chi connectivity index (χ2v) is 2.52. The fourth-order valence-electron chi connectivity index (χ4n) is 0.662. The first-order valence-electron chi connectivity index (χ1n) is 3.68. The summed E-state index contributed by atoms with van der Waals surface area (Å²) in [7, 11) is 0. The first-order valence-corrected chi connectivity index (χ1v) is 3.68. The third kappa shape index (κ3) is 3.71. The van der Waals surface area contributed by atoms with E-state index in [0.717, 1.165) is 0 Å². The van der Waals surface area contributed by atoms with Crippen molar-refractivity contribution < 1.29 is 22.6 Å². The lowest BCUT2D eigenvalue weighted by atomic mass is 10.3. The first kappa shape index (κ1) is 10.9. The van der Waals surface area contributed by atoms with Crippen LogP contribution in [0.2, 0.25) is 0 Å². The van der Waals surface area contributed by atoms with Crippen LogP contribution < -0.4 is 5.48 Å². The highest BCUT2D eigenvalue weighted by molar-refractivity contribution is 5.03. The van der Waals surface area contributed by atoms with Gasteiger partial charge in [-0.15, -0.1) is 0 Å². The van der Waals surface area contributed by atoms with Gasteiger partial charge in [-0.05, 0) is 6.92 Å². The number of hydrogen-bond donors (Lipinski definition) is 1. The minimum atomic E-state index is -4.34. The zero-order valence-electron chi connectivity index (χ0n) is 7.26. The van der Waals surface area contributed by atoms with Crippen LogP contribution in [-0.2, 0) is 11.4 Å². The Hall–Kier alpha value is -1.15. The molecule has 0 atom stereocenters. The molecule has 0 radical (unpaired) electrons. The summed E-state index contributed by atoms with van der Waals surface area (Å²) in [4.78, 5) is 4.14. The molecule has 0 fully saturated rings. The van der Waals surface area contributed by atoms with Crippen molar-refractivity contribution in [2.24, 2.45) is 0 Å². The molecule has 1 N–H and O–H groups in total. The minimum Gasteiger partial charge on any atom is -0.292 e. The molecule has 0 aliphatic heterocycles. The quantitative estimate of drug-likeness (QED) is 0.593. The number of alkyl halides is 3. The Kier molecular flexibility index (Phi) is 3.42. The van der Waals surface area contributed by atoms with E-state index in [1.165, 1.54) is 0 Å². The molecule has 1 heterocycles. The van der Waals surface area contributed by atoms with Crippen molar-refractivity contribution in [3.05, 3.63) is 11.4 Å². The van der Waals surface area contributed by atoms with Gasteiger partial charge in [-0.2, -0.15) is 18.7 Å². The van der Waals surface area contributed by atoms with Crippen molar-refractivity contribution in [2.45, 2.75) is 19.6 Å². The fourth-order valence-corrected chi connectivity index (χ4v) is 0.662. The summed E-state index contributed by atoms with van der Waals surface area (Å²) in [5.74, 6) is 0. The number of nitrogens with one attached hydrogen (secondary N) is 1. The van der Waals surface area contributed by atoms with Crippen molar-refractivity contribution in [3.63, 3.8) is 0 Å². The van der Waals surface area contributed by atoms with Gasteiger partial charge in [0, 0.05) is 0 Å². The van der Waals surface area contributed by atoms with Crippen LogP contribution in [0.3, 0.4) is 0 Å². The number of hydrogen-bond acceptors (Lipinski definition) is 5. The van der Waals surface area contributed by atoms with Crippen molar-refractivity contribution in [2.75, 3.05) is 6.61 Å². The highest BCUT2D eigenvalue weighted by Gasteiger charge is 2.27. The van der Waals surface area contributed by atoms with E-state index < -0.39 is 12.8 Å². The van der Waals surface area contributed by atoms with Crippen LogP contribution in [0, 0.1) is 6.92 Å². The summed E-state index contributed by atoms with van der Waals surface area (Å²) in [6.07, 6.45) is -4.34. The van der Waals surface area contributed by atoms with Crippen molar-refractivity contribution in [1.29, 1.82) is 0 Å². The maximum atomic E-state index is 11.6. The van der Waals surface area contributed by atoms with Gasteiger partial charge in [0.2, 0.25) is 0 Å². The lowest BCUT2D eigenvalue weighted by Gasteiger charge is -2.06. The monoisotopic (exact) mass is 211 g/mol. The fraction of sp³-hybridized carbons (Fsp3) is 0.667. The molecule has 0 bridgehead atoms. The summed E-state index contributed by atoms with van der Waals surface area (Å²) in [5.41, 5.74) is 3.02. The third-order valence-electron chi connectivity index (χ3n) is 1.32. The maximum absolute atomic E-state index is 11.6. The van der Waals surface area contributed by atoms with Crippen LogP contribution in [0.25, 0.3) is 0 Å². The molecule has 8 heteroatoms. The van der Waals surface area contributed by atoms with E-state index in [0.29, 0.717) is 11.4 Å². The SMILES string of the molecule is Cc1nonc1CNOCC(F)(F)F. The molecule has 14 heavy (non-hydrogen) atoms. The Labute approximate surface area is 77.1 Å². The summed E-state index contributed by atoms with van der Waals surface area (Å²) in [6.45, 7) is 0.292. The molecule has 0 aromatic carbocycles. The van der Waals surface area contributed by atoms with Gasteiger partial charge in [-0.3, -0.25) is 4.84 Å². The predicted octanol–water partition coefficient (Wildman–Crippen LogP) is 0.962. The average Bonchev–Trinajstić information content (AvgIpc) is 2.44. The van der Waals surface area contributed by atoms with E-state index in [-0.39, 0.29) is 6.54 Å². The zero-order valence-corrected chi connectivity index (χ0v) is 7.26. The van der Waals surface area contributed by atoms with E-state index in [4.69, 9.17) is 0 Å². The van der Waals surface area contributed by atoms with E-state index in [1.807, 2.05) is 0 Å². The number of nitrogens with zero attached hydrogens (tertiary/aromatic N) is 2. The van der Waals surface area contributed by atoms with Crippen LogP contribution in [0.1, 0.15) is 11.4 Å². The average molecular weight is 211 g/mol. The summed E-state index contributed by atoms with van der Waals surface area (Å²) >= 11 is 0. The second kappa shape index (κ2) is 4.38. The van der Waals surface area contributed by atoms with E-state index in [9.17, 15) is 13.2 Å². The first-order chi connectivity index (χ1) is 6.49. The molecule has 0 aliphatic rings. The number of rotatable bonds is 4. The number of hydroxylamine groups is 1. The molecule has 80 valence electrons. The topological polar surface area (TPSA) is 60.2 Å². The van der Waals surface area contributed by atoms with Gasteiger partial charge in [0.05, 0.1) is 6.54 Å². The van der Waals surface area contributed by atoms with Gasteiger partial charge in [-0.1, -0.05) is 10.3 Å². The molecule has 1 aromatic heterocycles.